The van der Waals surface area contributed by atoms with Crippen molar-refractivity contribution >= 4 is 34.5 Å². The van der Waals surface area contributed by atoms with Gasteiger partial charge in [-0.05, 0) is 47.2 Å². The van der Waals surface area contributed by atoms with Gasteiger partial charge in [0.1, 0.15) is 12.7 Å². The fraction of sp³-hybridized carbons (Fsp3) is 0.174. The number of amides is 1. The van der Waals surface area contributed by atoms with Crippen molar-refractivity contribution in [1.82, 2.24) is 19.7 Å². The van der Waals surface area contributed by atoms with Crippen molar-refractivity contribution in [2.75, 3.05) is 18.4 Å². The highest BCUT2D eigenvalue weighted by molar-refractivity contribution is 7.10. The number of nitrogens with zero attached hydrogens (tertiary/aromatic N) is 4. The van der Waals surface area contributed by atoms with Crippen LogP contribution < -0.4 is 5.32 Å². The number of benzene rings is 2. The van der Waals surface area contributed by atoms with E-state index in [1.807, 2.05) is 24.3 Å². The topological polar surface area (TPSA) is 63.1 Å². The minimum atomic E-state index is -0.0942. The lowest BCUT2D eigenvalue weighted by Gasteiger charge is -2.35. The lowest BCUT2D eigenvalue weighted by Crippen LogP contribution is -2.40. The molecular formula is C23H20ClN5OS. The van der Waals surface area contributed by atoms with Gasteiger partial charge in [0.25, 0.3) is 0 Å². The molecule has 0 fully saturated rings. The lowest BCUT2D eigenvalue weighted by molar-refractivity contribution is -0.117. The van der Waals surface area contributed by atoms with E-state index in [-0.39, 0.29) is 18.5 Å². The summed E-state index contributed by atoms with van der Waals surface area (Å²) in [6, 6.07) is 17.9. The molecular weight excluding hydrogens is 430 g/mol. The van der Waals surface area contributed by atoms with Gasteiger partial charge in [-0.15, -0.1) is 11.3 Å². The van der Waals surface area contributed by atoms with E-state index in [0.29, 0.717) is 16.4 Å². The monoisotopic (exact) mass is 449 g/mol. The van der Waals surface area contributed by atoms with Gasteiger partial charge >= 0.3 is 0 Å². The number of fused-ring (bicyclic) bond motifs is 1. The highest BCUT2D eigenvalue weighted by Crippen LogP contribution is 2.37. The molecule has 2 aromatic heterocycles. The first-order valence-corrected chi connectivity index (χ1v) is 11.2. The molecule has 1 N–H and O–H groups in total. The summed E-state index contributed by atoms with van der Waals surface area (Å²) in [5, 5.41) is 9.88. The van der Waals surface area contributed by atoms with Gasteiger partial charge in [-0.2, -0.15) is 5.10 Å². The van der Waals surface area contributed by atoms with Crippen molar-refractivity contribution in [3.8, 4) is 5.69 Å². The van der Waals surface area contributed by atoms with E-state index in [1.54, 1.807) is 34.5 Å². The van der Waals surface area contributed by atoms with Crippen LogP contribution in [0.3, 0.4) is 0 Å². The molecule has 156 valence electrons. The highest BCUT2D eigenvalue weighted by atomic mass is 35.5. The van der Waals surface area contributed by atoms with Gasteiger partial charge in [0, 0.05) is 16.4 Å². The molecule has 1 aliphatic rings. The molecule has 31 heavy (non-hydrogen) atoms. The van der Waals surface area contributed by atoms with E-state index in [1.165, 1.54) is 22.3 Å². The summed E-state index contributed by atoms with van der Waals surface area (Å²) in [5.41, 5.74) is 3.81. The Kier molecular flexibility index (Phi) is 5.55. The summed E-state index contributed by atoms with van der Waals surface area (Å²) >= 11 is 7.99. The minimum Gasteiger partial charge on any atom is -0.323 e. The Morgan fingerprint density at radius 3 is 2.87 bits per heavy atom. The molecule has 0 spiro atoms. The van der Waals surface area contributed by atoms with Crippen molar-refractivity contribution in [2.24, 2.45) is 0 Å². The maximum Gasteiger partial charge on any atom is 0.238 e. The average molecular weight is 450 g/mol. The van der Waals surface area contributed by atoms with Gasteiger partial charge < -0.3 is 5.32 Å². The zero-order valence-corrected chi connectivity index (χ0v) is 18.2. The number of halogens is 1. The van der Waals surface area contributed by atoms with E-state index >= 15 is 0 Å². The van der Waals surface area contributed by atoms with E-state index in [4.69, 9.17) is 11.6 Å². The number of carbonyl (C=O) groups is 1. The lowest BCUT2D eigenvalue weighted by atomic mass is 9.93. The van der Waals surface area contributed by atoms with Crippen molar-refractivity contribution < 1.29 is 4.79 Å². The van der Waals surface area contributed by atoms with Crippen LogP contribution >= 0.6 is 22.9 Å². The SMILES string of the molecule is O=C(CN1CCc2sccc2[C@H]1c1ccccc1)Nc1cc(Cl)ccc1-n1cncn1. The van der Waals surface area contributed by atoms with Crippen LogP contribution in [0.4, 0.5) is 5.69 Å². The Morgan fingerprint density at radius 1 is 1.19 bits per heavy atom. The molecule has 1 aliphatic heterocycles. The summed E-state index contributed by atoms with van der Waals surface area (Å²) in [6.07, 6.45) is 3.99. The third-order valence-corrected chi connectivity index (χ3v) is 6.66. The number of thiophene rings is 1. The third-order valence-electron chi connectivity index (χ3n) is 5.43. The van der Waals surface area contributed by atoms with E-state index in [0.717, 1.165) is 13.0 Å². The molecule has 0 saturated heterocycles. The number of hydrogen-bond acceptors (Lipinski definition) is 5. The first kappa shape index (κ1) is 19.9. The third kappa shape index (κ3) is 4.12. The minimum absolute atomic E-state index is 0.0658. The zero-order chi connectivity index (χ0) is 21.2. The number of aromatic nitrogens is 3. The number of nitrogens with one attached hydrogen (secondary N) is 1. The molecule has 3 heterocycles. The van der Waals surface area contributed by atoms with Gasteiger partial charge in [-0.1, -0.05) is 41.9 Å². The van der Waals surface area contributed by atoms with Crippen molar-refractivity contribution in [3.63, 3.8) is 0 Å². The molecule has 0 bridgehead atoms. The maximum atomic E-state index is 13.1. The molecule has 2 aromatic carbocycles. The van der Waals surface area contributed by atoms with Crippen molar-refractivity contribution in [1.29, 1.82) is 0 Å². The summed E-state index contributed by atoms with van der Waals surface area (Å²) in [4.78, 5) is 20.7. The Bertz CT molecular complexity index is 1190. The Morgan fingerprint density at radius 2 is 2.06 bits per heavy atom. The average Bonchev–Trinajstić information content (AvgIpc) is 3.46. The number of carbonyl (C=O) groups excluding carboxylic acids is 1. The second kappa shape index (κ2) is 8.63. The Hall–Kier alpha value is -3.00. The van der Waals surface area contributed by atoms with Crippen LogP contribution in [0.1, 0.15) is 22.0 Å². The fourth-order valence-corrected chi connectivity index (χ4v) is 5.16. The first-order chi connectivity index (χ1) is 15.2. The van der Waals surface area contributed by atoms with Crippen molar-refractivity contribution in [2.45, 2.75) is 12.5 Å². The second-order valence-electron chi connectivity index (χ2n) is 7.38. The normalized spacial score (nSPS) is 16.1. The van der Waals surface area contributed by atoms with Gasteiger partial charge in [-0.25, -0.2) is 9.67 Å². The van der Waals surface area contributed by atoms with Crippen molar-refractivity contribution in [3.05, 3.63) is 93.7 Å². The largest absolute Gasteiger partial charge is 0.323 e. The smallest absolute Gasteiger partial charge is 0.238 e. The summed E-state index contributed by atoms with van der Waals surface area (Å²) in [7, 11) is 0. The van der Waals surface area contributed by atoms with E-state index < -0.39 is 0 Å². The molecule has 8 heteroatoms. The Balaban J connectivity index is 1.40. The summed E-state index contributed by atoms with van der Waals surface area (Å²) < 4.78 is 1.61. The van der Waals surface area contributed by atoms with E-state index in [2.05, 4.69) is 43.9 Å². The summed E-state index contributed by atoms with van der Waals surface area (Å²) in [6.45, 7) is 1.10. The number of hydrogen-bond donors (Lipinski definition) is 1. The zero-order valence-electron chi connectivity index (χ0n) is 16.6. The molecule has 1 atom stereocenters. The van der Waals surface area contributed by atoms with Crippen LogP contribution in [-0.2, 0) is 11.2 Å². The van der Waals surface area contributed by atoms with Crippen LogP contribution in [0, 0.1) is 0 Å². The van der Waals surface area contributed by atoms with Crippen LogP contribution in [0.2, 0.25) is 5.02 Å². The van der Waals surface area contributed by atoms with Crippen LogP contribution in [0.5, 0.6) is 0 Å². The highest BCUT2D eigenvalue weighted by Gasteiger charge is 2.30. The van der Waals surface area contributed by atoms with Gasteiger partial charge in [0.2, 0.25) is 5.91 Å². The first-order valence-electron chi connectivity index (χ1n) is 9.99. The Labute approximate surface area is 189 Å². The van der Waals surface area contributed by atoms with Crippen LogP contribution in [-0.4, -0.2) is 38.7 Å². The predicted molar refractivity (Wildman–Crippen MR) is 123 cm³/mol. The molecule has 0 radical (unpaired) electrons. The van der Waals surface area contributed by atoms with E-state index in [9.17, 15) is 4.79 Å². The number of anilines is 1. The summed E-state index contributed by atoms with van der Waals surface area (Å²) in [5.74, 6) is -0.0942. The molecule has 0 aliphatic carbocycles. The molecule has 6 nitrogen and oxygen atoms in total. The van der Waals surface area contributed by atoms with Gasteiger partial charge in [0.15, 0.2) is 0 Å². The fourth-order valence-electron chi connectivity index (χ4n) is 4.08. The van der Waals surface area contributed by atoms with Gasteiger partial charge in [0.05, 0.1) is 24.0 Å². The molecule has 0 saturated carbocycles. The standard InChI is InChI=1S/C23H20ClN5OS/c24-17-6-7-20(29-15-25-14-26-29)19(12-17)27-22(30)13-28-10-8-21-18(9-11-31-21)23(28)16-4-2-1-3-5-16/h1-7,9,11-12,14-15,23H,8,10,13H2,(H,27,30)/t23-/m1/s1. The second-order valence-corrected chi connectivity index (χ2v) is 8.82. The van der Waals surface area contributed by atoms with Gasteiger partial charge in [-0.3, -0.25) is 9.69 Å². The molecule has 4 aromatic rings. The predicted octanol–water partition coefficient (Wildman–Crippen LogP) is 4.57. The quantitative estimate of drug-likeness (QED) is 0.485. The molecule has 0 unspecified atom stereocenters. The van der Waals surface area contributed by atoms with Crippen LogP contribution in [0.25, 0.3) is 5.69 Å². The number of rotatable bonds is 5. The molecule has 1 amide bonds. The molecule has 5 rings (SSSR count). The maximum absolute atomic E-state index is 13.1. The van der Waals surface area contributed by atoms with Crippen LogP contribution in [0.15, 0.2) is 72.6 Å².